The Balaban J connectivity index is 1.67. The summed E-state index contributed by atoms with van der Waals surface area (Å²) >= 11 is 0. The zero-order valence-electron chi connectivity index (χ0n) is 12.4. The van der Waals surface area contributed by atoms with Crippen molar-refractivity contribution in [1.82, 2.24) is 10.2 Å². The number of likely N-dealkylation sites (tertiary alicyclic amines) is 1. The number of amides is 1. The molecule has 1 aliphatic heterocycles. The number of likely N-dealkylation sites (N-methyl/N-ethyl adjacent to an activating group) is 1. The Morgan fingerprint density at radius 1 is 1.40 bits per heavy atom. The molecule has 1 aromatic carbocycles. The van der Waals surface area contributed by atoms with E-state index >= 15 is 0 Å². The van der Waals surface area contributed by atoms with Crippen LogP contribution in [0.2, 0.25) is 0 Å². The average molecular weight is 272 g/mol. The first-order valence-electron chi connectivity index (χ1n) is 7.73. The lowest BCUT2D eigenvalue weighted by Crippen LogP contribution is -2.41. The van der Waals surface area contributed by atoms with Crippen LogP contribution in [0.4, 0.5) is 0 Å². The van der Waals surface area contributed by atoms with Crippen LogP contribution in [0.5, 0.6) is 0 Å². The summed E-state index contributed by atoms with van der Waals surface area (Å²) in [7, 11) is 1.97. The number of hydrogen-bond acceptors (Lipinski definition) is 2. The second-order valence-electron chi connectivity index (χ2n) is 6.19. The molecule has 0 bridgehead atoms. The number of carbonyl (C=O) groups is 1. The Labute approximate surface area is 121 Å². The molecule has 0 radical (unpaired) electrons. The molecular weight excluding hydrogens is 248 g/mol. The molecule has 3 heteroatoms. The van der Waals surface area contributed by atoms with Gasteiger partial charge in [-0.1, -0.05) is 24.3 Å². The van der Waals surface area contributed by atoms with Crippen LogP contribution in [-0.4, -0.2) is 37.0 Å². The summed E-state index contributed by atoms with van der Waals surface area (Å²) in [5.41, 5.74) is 2.69. The third-order valence-corrected chi connectivity index (χ3v) is 4.80. The monoisotopic (exact) mass is 272 g/mol. The predicted octanol–water partition coefficient (Wildman–Crippen LogP) is 2.31. The first-order valence-corrected chi connectivity index (χ1v) is 7.73. The van der Waals surface area contributed by atoms with Gasteiger partial charge >= 0.3 is 0 Å². The number of carbonyl (C=O) groups excluding carboxylic acids is 1. The van der Waals surface area contributed by atoms with Gasteiger partial charge in [0.25, 0.3) is 0 Å². The molecule has 3 nitrogen and oxygen atoms in total. The minimum atomic E-state index is 0.230. The van der Waals surface area contributed by atoms with Crippen molar-refractivity contribution in [1.29, 1.82) is 0 Å². The van der Waals surface area contributed by atoms with Crippen molar-refractivity contribution in [3.05, 3.63) is 35.4 Å². The van der Waals surface area contributed by atoms with Gasteiger partial charge in [0.1, 0.15) is 0 Å². The summed E-state index contributed by atoms with van der Waals surface area (Å²) in [6.45, 7) is 4.02. The van der Waals surface area contributed by atoms with Crippen LogP contribution in [0.25, 0.3) is 0 Å². The Morgan fingerprint density at radius 2 is 2.20 bits per heavy atom. The van der Waals surface area contributed by atoms with E-state index in [0.717, 1.165) is 32.4 Å². The number of hydrogen-bond donors (Lipinski definition) is 1. The van der Waals surface area contributed by atoms with Crippen LogP contribution < -0.4 is 5.32 Å². The fourth-order valence-electron chi connectivity index (χ4n) is 3.60. The highest BCUT2D eigenvalue weighted by molar-refractivity contribution is 5.83. The summed E-state index contributed by atoms with van der Waals surface area (Å²) in [6, 6.07) is 8.89. The van der Waals surface area contributed by atoms with Gasteiger partial charge in [-0.2, -0.15) is 0 Å². The minimum absolute atomic E-state index is 0.230. The third kappa shape index (κ3) is 2.47. The van der Waals surface area contributed by atoms with Gasteiger partial charge < -0.3 is 10.2 Å². The lowest BCUT2D eigenvalue weighted by Gasteiger charge is -2.24. The molecule has 2 aliphatic rings. The van der Waals surface area contributed by atoms with Gasteiger partial charge in [0.2, 0.25) is 5.91 Å². The van der Waals surface area contributed by atoms with E-state index in [1.54, 1.807) is 0 Å². The van der Waals surface area contributed by atoms with Crippen molar-refractivity contribution >= 4 is 5.91 Å². The van der Waals surface area contributed by atoms with Gasteiger partial charge in [0.05, 0.1) is 0 Å². The average Bonchev–Trinajstić information content (AvgIpc) is 3.10. The van der Waals surface area contributed by atoms with E-state index < -0.39 is 0 Å². The first-order chi connectivity index (χ1) is 9.72. The SMILES string of the molecule is CNCC1CCCN1C(=O)C1CC1c1ccccc1C. The molecule has 1 saturated carbocycles. The number of rotatable bonds is 4. The van der Waals surface area contributed by atoms with Gasteiger partial charge in [-0.25, -0.2) is 0 Å². The van der Waals surface area contributed by atoms with Gasteiger partial charge in [0, 0.05) is 25.0 Å². The van der Waals surface area contributed by atoms with Crippen molar-refractivity contribution in [3.63, 3.8) is 0 Å². The summed E-state index contributed by atoms with van der Waals surface area (Å²) in [5.74, 6) is 1.07. The highest BCUT2D eigenvalue weighted by Crippen LogP contribution is 2.50. The van der Waals surface area contributed by atoms with E-state index in [9.17, 15) is 4.79 Å². The van der Waals surface area contributed by atoms with Crippen LogP contribution in [0.15, 0.2) is 24.3 Å². The smallest absolute Gasteiger partial charge is 0.226 e. The van der Waals surface area contributed by atoms with Gasteiger partial charge in [-0.05, 0) is 50.3 Å². The number of aryl methyl sites for hydroxylation is 1. The lowest BCUT2D eigenvalue weighted by atomic mass is 10.0. The van der Waals surface area contributed by atoms with Gasteiger partial charge in [-0.15, -0.1) is 0 Å². The molecule has 3 unspecified atom stereocenters. The van der Waals surface area contributed by atoms with Crippen LogP contribution in [0.1, 0.15) is 36.3 Å². The number of benzene rings is 1. The van der Waals surface area contributed by atoms with Gasteiger partial charge in [-0.3, -0.25) is 4.79 Å². The molecule has 108 valence electrons. The second-order valence-corrected chi connectivity index (χ2v) is 6.19. The molecule has 2 fully saturated rings. The molecule has 1 heterocycles. The second kappa shape index (κ2) is 5.57. The maximum atomic E-state index is 12.7. The van der Waals surface area contributed by atoms with Crippen molar-refractivity contribution < 1.29 is 4.79 Å². The summed E-state index contributed by atoms with van der Waals surface area (Å²) in [6.07, 6.45) is 3.33. The zero-order chi connectivity index (χ0) is 14.1. The summed E-state index contributed by atoms with van der Waals surface area (Å²) < 4.78 is 0. The van der Waals surface area contributed by atoms with E-state index in [1.165, 1.54) is 11.1 Å². The zero-order valence-corrected chi connectivity index (χ0v) is 12.4. The fourth-order valence-corrected chi connectivity index (χ4v) is 3.60. The largest absolute Gasteiger partial charge is 0.338 e. The minimum Gasteiger partial charge on any atom is -0.338 e. The number of nitrogens with one attached hydrogen (secondary N) is 1. The Morgan fingerprint density at radius 3 is 2.95 bits per heavy atom. The van der Waals surface area contributed by atoms with Crippen molar-refractivity contribution in [3.8, 4) is 0 Å². The van der Waals surface area contributed by atoms with E-state index in [1.807, 2.05) is 7.05 Å². The topological polar surface area (TPSA) is 32.3 Å². The molecular formula is C17H24N2O. The predicted molar refractivity (Wildman–Crippen MR) is 80.7 cm³/mol. The Hall–Kier alpha value is -1.35. The molecule has 1 aromatic rings. The van der Waals surface area contributed by atoms with E-state index in [-0.39, 0.29) is 5.92 Å². The molecule has 1 N–H and O–H groups in total. The van der Waals surface area contributed by atoms with E-state index in [0.29, 0.717) is 17.9 Å². The van der Waals surface area contributed by atoms with Crippen LogP contribution in [-0.2, 0) is 4.79 Å². The van der Waals surface area contributed by atoms with Crippen LogP contribution in [0.3, 0.4) is 0 Å². The standard InChI is InChI=1S/C17H24N2O/c1-12-6-3-4-8-14(12)15-10-16(15)17(20)19-9-5-7-13(19)11-18-2/h3-4,6,8,13,15-16,18H,5,7,9-11H2,1-2H3. The highest BCUT2D eigenvalue weighted by Gasteiger charge is 2.47. The molecule has 3 atom stereocenters. The van der Waals surface area contributed by atoms with Crippen LogP contribution >= 0.6 is 0 Å². The molecule has 1 saturated heterocycles. The first kappa shape index (κ1) is 13.6. The van der Waals surface area contributed by atoms with Crippen molar-refractivity contribution in [2.45, 2.75) is 38.1 Å². The summed E-state index contributed by atoms with van der Waals surface area (Å²) in [4.78, 5) is 14.8. The fraction of sp³-hybridized carbons (Fsp3) is 0.588. The van der Waals surface area contributed by atoms with E-state index in [2.05, 4.69) is 41.4 Å². The lowest BCUT2D eigenvalue weighted by molar-refractivity contribution is -0.133. The molecule has 0 spiro atoms. The summed E-state index contributed by atoms with van der Waals surface area (Å²) in [5, 5.41) is 3.21. The van der Waals surface area contributed by atoms with Gasteiger partial charge in [0.15, 0.2) is 0 Å². The molecule has 1 aliphatic carbocycles. The van der Waals surface area contributed by atoms with Crippen LogP contribution in [0, 0.1) is 12.8 Å². The quantitative estimate of drug-likeness (QED) is 0.912. The third-order valence-electron chi connectivity index (χ3n) is 4.80. The molecule has 3 rings (SSSR count). The maximum absolute atomic E-state index is 12.7. The highest BCUT2D eigenvalue weighted by atomic mass is 16.2. The Bertz CT molecular complexity index is 500. The van der Waals surface area contributed by atoms with E-state index in [4.69, 9.17) is 0 Å². The Kier molecular flexibility index (Phi) is 3.79. The molecule has 1 amide bonds. The maximum Gasteiger partial charge on any atom is 0.226 e. The number of nitrogens with zero attached hydrogens (tertiary/aromatic N) is 1. The van der Waals surface area contributed by atoms with Crippen molar-refractivity contribution in [2.24, 2.45) is 5.92 Å². The molecule has 20 heavy (non-hydrogen) atoms. The normalized spacial score (nSPS) is 28.7. The van der Waals surface area contributed by atoms with Crippen molar-refractivity contribution in [2.75, 3.05) is 20.1 Å². The molecule has 0 aromatic heterocycles.